The molecule has 2 unspecified atom stereocenters. The van der Waals surface area contributed by atoms with Crippen molar-refractivity contribution in [2.75, 3.05) is 24.7 Å². The topological polar surface area (TPSA) is 72.8 Å². The Morgan fingerprint density at radius 2 is 1.94 bits per heavy atom. The predicted octanol–water partition coefficient (Wildman–Crippen LogP) is -0.0649. The maximum absolute atomic E-state index is 11.3. The number of aliphatic hydroxyl groups is 1. The third-order valence-corrected chi connectivity index (χ3v) is 4.92. The molecule has 2 rings (SSSR count). The lowest BCUT2D eigenvalue weighted by Gasteiger charge is -2.26. The van der Waals surface area contributed by atoms with E-state index in [9.17, 15) is 8.42 Å². The third kappa shape index (κ3) is 2.94. The van der Waals surface area contributed by atoms with Gasteiger partial charge in [-0.25, -0.2) is 8.42 Å². The molecular weight excluding hydrogens is 232 g/mol. The first-order valence-corrected chi connectivity index (χ1v) is 7.51. The van der Waals surface area contributed by atoms with E-state index in [0.717, 1.165) is 0 Å². The second-order valence-electron chi connectivity index (χ2n) is 4.46. The number of rotatable bonds is 3. The summed E-state index contributed by atoms with van der Waals surface area (Å²) in [6.45, 7) is 0.605. The molecule has 5 nitrogen and oxygen atoms in total. The van der Waals surface area contributed by atoms with Crippen LogP contribution in [-0.4, -0.2) is 50.6 Å². The minimum atomic E-state index is -2.82. The third-order valence-electron chi connectivity index (χ3n) is 3.21. The molecule has 0 spiro atoms. The molecule has 0 aromatic heterocycles. The smallest absolute Gasteiger partial charge is 0.161 e. The van der Waals surface area contributed by atoms with Gasteiger partial charge in [0.1, 0.15) is 9.84 Å². The van der Waals surface area contributed by atoms with Crippen molar-refractivity contribution in [1.82, 2.24) is 0 Å². The molecule has 2 atom stereocenters. The van der Waals surface area contributed by atoms with Gasteiger partial charge in [-0.15, -0.1) is 0 Å². The molecule has 0 aromatic rings. The Bertz CT molecular complexity index is 312. The van der Waals surface area contributed by atoms with Gasteiger partial charge in [0.15, 0.2) is 6.29 Å². The van der Waals surface area contributed by atoms with Gasteiger partial charge in [0.2, 0.25) is 0 Å². The van der Waals surface area contributed by atoms with E-state index >= 15 is 0 Å². The highest BCUT2D eigenvalue weighted by Crippen LogP contribution is 2.29. The number of sulfone groups is 1. The van der Waals surface area contributed by atoms with Crippen molar-refractivity contribution in [1.29, 1.82) is 0 Å². The summed E-state index contributed by atoms with van der Waals surface area (Å²) in [5, 5.41) is 8.78. The maximum atomic E-state index is 11.3. The van der Waals surface area contributed by atoms with E-state index in [0.29, 0.717) is 25.9 Å². The first-order valence-electron chi connectivity index (χ1n) is 5.69. The monoisotopic (exact) mass is 250 g/mol. The molecule has 0 amide bonds. The van der Waals surface area contributed by atoms with Gasteiger partial charge in [0, 0.05) is 12.5 Å². The van der Waals surface area contributed by atoms with Crippen LogP contribution in [0.15, 0.2) is 0 Å². The summed E-state index contributed by atoms with van der Waals surface area (Å²) < 4.78 is 33.7. The van der Waals surface area contributed by atoms with Crippen molar-refractivity contribution in [2.45, 2.75) is 31.7 Å². The van der Waals surface area contributed by atoms with Crippen LogP contribution in [0.25, 0.3) is 0 Å². The fraction of sp³-hybridized carbons (Fsp3) is 1.00. The lowest BCUT2D eigenvalue weighted by molar-refractivity contribution is -0.100. The fourth-order valence-electron chi connectivity index (χ4n) is 2.19. The average molecular weight is 250 g/mol. The van der Waals surface area contributed by atoms with Crippen molar-refractivity contribution < 1.29 is 23.0 Å². The summed E-state index contributed by atoms with van der Waals surface area (Å²) in [6.07, 6.45) is 1.53. The Morgan fingerprint density at radius 1 is 1.25 bits per heavy atom. The minimum Gasteiger partial charge on any atom is -0.396 e. The van der Waals surface area contributed by atoms with Crippen LogP contribution in [-0.2, 0) is 19.3 Å². The Hall–Kier alpha value is -0.170. The van der Waals surface area contributed by atoms with E-state index in [2.05, 4.69) is 0 Å². The van der Waals surface area contributed by atoms with E-state index < -0.39 is 9.84 Å². The van der Waals surface area contributed by atoms with Crippen LogP contribution in [0.1, 0.15) is 19.3 Å². The van der Waals surface area contributed by atoms with Gasteiger partial charge in [-0.1, -0.05) is 0 Å². The predicted molar refractivity (Wildman–Crippen MR) is 57.7 cm³/mol. The molecule has 2 fully saturated rings. The van der Waals surface area contributed by atoms with Gasteiger partial charge >= 0.3 is 0 Å². The Kier molecular flexibility index (Phi) is 3.84. The summed E-state index contributed by atoms with van der Waals surface area (Å²) in [5.74, 6) is 0.670. The molecule has 6 heteroatoms. The van der Waals surface area contributed by atoms with Crippen molar-refractivity contribution in [3.63, 3.8) is 0 Å². The Balaban J connectivity index is 1.82. The summed E-state index contributed by atoms with van der Waals surface area (Å²) in [7, 11) is -2.82. The molecule has 1 N–H and O–H groups in total. The van der Waals surface area contributed by atoms with E-state index in [-0.39, 0.29) is 36.4 Å². The SMILES string of the molecule is O=S1(=O)CCC(C2OCC(CCO)O2)CC1. The summed E-state index contributed by atoms with van der Waals surface area (Å²) >= 11 is 0. The van der Waals surface area contributed by atoms with Crippen molar-refractivity contribution in [3.8, 4) is 0 Å². The van der Waals surface area contributed by atoms with Crippen molar-refractivity contribution >= 4 is 9.84 Å². The highest BCUT2D eigenvalue weighted by atomic mass is 32.2. The van der Waals surface area contributed by atoms with Gasteiger partial charge in [-0.3, -0.25) is 0 Å². The van der Waals surface area contributed by atoms with Gasteiger partial charge in [-0.2, -0.15) is 0 Å². The van der Waals surface area contributed by atoms with Gasteiger partial charge < -0.3 is 14.6 Å². The molecule has 0 aliphatic carbocycles. The molecule has 2 aliphatic rings. The lowest BCUT2D eigenvalue weighted by Crippen LogP contribution is -2.32. The van der Waals surface area contributed by atoms with Crippen molar-refractivity contribution in [2.24, 2.45) is 5.92 Å². The highest BCUT2D eigenvalue weighted by Gasteiger charge is 2.35. The van der Waals surface area contributed by atoms with E-state index in [1.807, 2.05) is 0 Å². The summed E-state index contributed by atoms with van der Waals surface area (Å²) in [4.78, 5) is 0. The molecular formula is C10H18O5S. The largest absolute Gasteiger partial charge is 0.396 e. The van der Waals surface area contributed by atoms with Crippen LogP contribution < -0.4 is 0 Å². The zero-order chi connectivity index (χ0) is 11.6. The van der Waals surface area contributed by atoms with Gasteiger partial charge in [0.25, 0.3) is 0 Å². The van der Waals surface area contributed by atoms with E-state index in [1.54, 1.807) is 0 Å². The fourth-order valence-corrected chi connectivity index (χ4v) is 3.72. The van der Waals surface area contributed by atoms with Gasteiger partial charge in [-0.05, 0) is 19.3 Å². The first kappa shape index (κ1) is 12.3. The van der Waals surface area contributed by atoms with Crippen LogP contribution in [0, 0.1) is 5.92 Å². The molecule has 0 aromatic carbocycles. The molecule has 94 valence electrons. The Morgan fingerprint density at radius 3 is 2.56 bits per heavy atom. The van der Waals surface area contributed by atoms with Crippen LogP contribution in [0.2, 0.25) is 0 Å². The molecule has 0 radical (unpaired) electrons. The van der Waals surface area contributed by atoms with E-state index in [4.69, 9.17) is 14.6 Å². The number of ether oxygens (including phenoxy) is 2. The number of aliphatic hydroxyl groups excluding tert-OH is 1. The molecule has 0 bridgehead atoms. The molecule has 2 aliphatic heterocycles. The minimum absolute atomic E-state index is 0.0338. The molecule has 0 saturated carbocycles. The number of hydrogen-bond donors (Lipinski definition) is 1. The van der Waals surface area contributed by atoms with Crippen LogP contribution in [0.3, 0.4) is 0 Å². The zero-order valence-electron chi connectivity index (χ0n) is 9.17. The maximum Gasteiger partial charge on any atom is 0.161 e. The second-order valence-corrected chi connectivity index (χ2v) is 6.76. The van der Waals surface area contributed by atoms with Crippen LogP contribution in [0.4, 0.5) is 0 Å². The van der Waals surface area contributed by atoms with Crippen LogP contribution in [0.5, 0.6) is 0 Å². The van der Waals surface area contributed by atoms with Crippen molar-refractivity contribution in [3.05, 3.63) is 0 Å². The second kappa shape index (κ2) is 5.00. The normalized spacial score (nSPS) is 35.3. The first-order chi connectivity index (χ1) is 7.61. The van der Waals surface area contributed by atoms with E-state index in [1.165, 1.54) is 0 Å². The molecule has 2 heterocycles. The highest BCUT2D eigenvalue weighted by molar-refractivity contribution is 7.91. The summed E-state index contributed by atoms with van der Waals surface area (Å²) in [6, 6.07) is 0. The average Bonchev–Trinajstić information content (AvgIpc) is 2.67. The number of hydrogen-bond acceptors (Lipinski definition) is 5. The van der Waals surface area contributed by atoms with Crippen LogP contribution >= 0.6 is 0 Å². The summed E-state index contributed by atoms with van der Waals surface area (Å²) in [5.41, 5.74) is 0. The Labute approximate surface area is 95.7 Å². The quantitative estimate of drug-likeness (QED) is 0.759. The molecule has 2 saturated heterocycles. The lowest BCUT2D eigenvalue weighted by atomic mass is 10.0. The zero-order valence-corrected chi connectivity index (χ0v) is 9.99. The standard InChI is InChI=1S/C10H18O5S/c11-4-1-9-7-14-10(15-9)8-2-5-16(12,13)6-3-8/h8-11H,1-7H2. The van der Waals surface area contributed by atoms with Gasteiger partial charge in [0.05, 0.1) is 24.2 Å². The molecule has 16 heavy (non-hydrogen) atoms.